The van der Waals surface area contributed by atoms with E-state index in [4.69, 9.17) is 12.2 Å². The largest absolute Gasteiger partial charge is 0.269 e. The maximum atomic E-state index is 10.9. The number of nitrogens with zero attached hydrogens (tertiary/aromatic N) is 3. The van der Waals surface area contributed by atoms with E-state index < -0.39 is 0 Å². The molecule has 0 saturated carbocycles. The molecular formula is C16H13N3O2S3. The first-order valence-corrected chi connectivity index (χ1v) is 9.21. The van der Waals surface area contributed by atoms with Crippen LogP contribution in [0.5, 0.6) is 0 Å². The zero-order valence-corrected chi connectivity index (χ0v) is 15.1. The second-order valence-electron chi connectivity index (χ2n) is 4.99. The molecule has 2 aromatic carbocycles. The molecule has 122 valence electrons. The number of hydrogen-bond acceptors (Lipinski definition) is 6. The second-order valence-corrected chi connectivity index (χ2v) is 8.20. The average Bonchev–Trinajstić information content (AvgIpc) is 2.96. The van der Waals surface area contributed by atoms with Crippen molar-refractivity contribution in [3.63, 3.8) is 0 Å². The molecule has 24 heavy (non-hydrogen) atoms. The predicted molar refractivity (Wildman–Crippen MR) is 99.6 cm³/mol. The molecule has 0 amide bonds. The lowest BCUT2D eigenvalue weighted by atomic mass is 10.1. The van der Waals surface area contributed by atoms with Crippen LogP contribution in [0, 0.1) is 14.1 Å². The summed E-state index contributed by atoms with van der Waals surface area (Å²) < 4.78 is 3.25. The minimum Gasteiger partial charge on any atom is -0.258 e. The Balaban J connectivity index is 1.83. The van der Waals surface area contributed by atoms with Gasteiger partial charge in [-0.2, -0.15) is 0 Å². The van der Waals surface area contributed by atoms with Crippen LogP contribution in [0.3, 0.4) is 0 Å². The Morgan fingerprint density at radius 1 is 1.25 bits per heavy atom. The summed E-state index contributed by atoms with van der Waals surface area (Å²) in [6.07, 6.45) is 0. The van der Waals surface area contributed by atoms with Gasteiger partial charge in [-0.3, -0.25) is 10.1 Å². The third kappa shape index (κ3) is 3.72. The molecule has 0 aliphatic rings. The van der Waals surface area contributed by atoms with Gasteiger partial charge in [-0.05, 0) is 36.8 Å². The Bertz CT molecular complexity index is 922. The molecule has 3 rings (SSSR count). The fourth-order valence-corrected chi connectivity index (χ4v) is 4.77. The zero-order valence-electron chi connectivity index (χ0n) is 12.7. The fraction of sp³-hybridized carbons (Fsp3) is 0.125. The van der Waals surface area contributed by atoms with E-state index in [0.29, 0.717) is 3.95 Å². The van der Waals surface area contributed by atoms with Crippen LogP contribution in [-0.2, 0) is 0 Å². The second kappa shape index (κ2) is 7.25. The zero-order chi connectivity index (χ0) is 17.1. The number of thioether (sulfide) groups is 1. The van der Waals surface area contributed by atoms with E-state index >= 15 is 0 Å². The summed E-state index contributed by atoms with van der Waals surface area (Å²) >= 11 is 8.38. The monoisotopic (exact) mass is 375 g/mol. The number of rotatable bonds is 5. The number of nitro benzene ring substituents is 1. The third-order valence-corrected chi connectivity index (χ3v) is 5.83. The first kappa shape index (κ1) is 16.8. The summed E-state index contributed by atoms with van der Waals surface area (Å²) in [4.78, 5) is 10.5. The van der Waals surface area contributed by atoms with Gasteiger partial charge in [0.25, 0.3) is 5.69 Å². The molecule has 0 radical (unpaired) electrons. The van der Waals surface area contributed by atoms with Gasteiger partial charge in [0.1, 0.15) is 0 Å². The number of nitro groups is 1. The topological polar surface area (TPSA) is 61.0 Å². The van der Waals surface area contributed by atoms with Crippen LogP contribution >= 0.6 is 35.3 Å². The lowest BCUT2D eigenvalue weighted by Crippen LogP contribution is -1.96. The Morgan fingerprint density at radius 3 is 2.71 bits per heavy atom. The number of non-ortho nitro benzene ring substituents is 1. The molecule has 1 aromatic heterocycles. The number of para-hydroxylation sites is 1. The van der Waals surface area contributed by atoms with Gasteiger partial charge in [0.2, 0.25) is 0 Å². The van der Waals surface area contributed by atoms with Crippen LogP contribution in [0.1, 0.15) is 17.7 Å². The Labute approximate surface area is 152 Å². The van der Waals surface area contributed by atoms with Crippen molar-refractivity contribution in [2.75, 3.05) is 0 Å². The van der Waals surface area contributed by atoms with Gasteiger partial charge in [-0.25, -0.2) is 4.68 Å². The van der Waals surface area contributed by atoms with Crippen LogP contribution in [0.15, 0.2) is 58.9 Å². The van der Waals surface area contributed by atoms with Crippen molar-refractivity contribution in [3.8, 4) is 5.69 Å². The molecular weight excluding hydrogens is 362 g/mol. The quantitative estimate of drug-likeness (QED) is 0.258. The van der Waals surface area contributed by atoms with Crippen LogP contribution in [0.2, 0.25) is 0 Å². The van der Waals surface area contributed by atoms with Gasteiger partial charge in [0.15, 0.2) is 8.29 Å². The van der Waals surface area contributed by atoms with E-state index in [1.54, 1.807) is 28.6 Å². The normalized spacial score (nSPS) is 12.0. The molecule has 0 bridgehead atoms. The molecule has 0 spiro atoms. The lowest BCUT2D eigenvalue weighted by Gasteiger charge is -2.08. The molecule has 8 heteroatoms. The number of hydrogen-bond donors (Lipinski definition) is 0. The minimum absolute atomic E-state index is 0.0367. The van der Waals surface area contributed by atoms with Gasteiger partial charge >= 0.3 is 0 Å². The molecule has 0 fully saturated rings. The first-order valence-electron chi connectivity index (χ1n) is 7.11. The Kier molecular flexibility index (Phi) is 5.08. The SMILES string of the molecule is C[C@H](Sc1nn(-c2ccccc2)c(=S)s1)c1cccc([N+](=O)[O-])c1. The molecule has 1 atom stereocenters. The molecule has 0 unspecified atom stereocenters. The summed E-state index contributed by atoms with van der Waals surface area (Å²) in [5.74, 6) is 0. The van der Waals surface area contributed by atoms with Crippen molar-refractivity contribution < 1.29 is 4.92 Å². The van der Waals surface area contributed by atoms with E-state index in [2.05, 4.69) is 5.10 Å². The highest BCUT2D eigenvalue weighted by Gasteiger charge is 2.15. The highest BCUT2D eigenvalue weighted by Crippen LogP contribution is 2.37. The van der Waals surface area contributed by atoms with Crippen molar-refractivity contribution in [1.82, 2.24) is 9.78 Å². The van der Waals surface area contributed by atoms with Gasteiger partial charge in [0, 0.05) is 17.4 Å². The Hall–Kier alpha value is -2.03. The predicted octanol–water partition coefficient (Wildman–Crippen LogP) is 5.42. The molecule has 3 aromatic rings. The van der Waals surface area contributed by atoms with Crippen molar-refractivity contribution in [3.05, 3.63) is 74.2 Å². The summed E-state index contributed by atoms with van der Waals surface area (Å²) in [5, 5.41) is 15.5. The van der Waals surface area contributed by atoms with Gasteiger partial charge < -0.3 is 0 Å². The number of benzene rings is 2. The van der Waals surface area contributed by atoms with Crippen molar-refractivity contribution >= 4 is 41.0 Å². The van der Waals surface area contributed by atoms with E-state index in [9.17, 15) is 10.1 Å². The van der Waals surface area contributed by atoms with Crippen molar-refractivity contribution in [2.45, 2.75) is 16.5 Å². The van der Waals surface area contributed by atoms with Crippen LogP contribution in [0.25, 0.3) is 5.69 Å². The number of aromatic nitrogens is 2. The summed E-state index contributed by atoms with van der Waals surface area (Å²) in [6.45, 7) is 2.00. The van der Waals surface area contributed by atoms with Gasteiger partial charge in [0.05, 0.1) is 10.6 Å². The molecule has 1 heterocycles. The molecule has 0 aliphatic carbocycles. The first-order chi connectivity index (χ1) is 11.5. The maximum Gasteiger partial charge on any atom is 0.269 e. The lowest BCUT2D eigenvalue weighted by molar-refractivity contribution is -0.384. The summed E-state index contributed by atoms with van der Waals surface area (Å²) in [6, 6.07) is 16.4. The van der Waals surface area contributed by atoms with Crippen molar-refractivity contribution in [1.29, 1.82) is 0 Å². The highest BCUT2D eigenvalue weighted by molar-refractivity contribution is 8.01. The van der Waals surface area contributed by atoms with E-state index in [1.807, 2.05) is 43.3 Å². The summed E-state index contributed by atoms with van der Waals surface area (Å²) in [7, 11) is 0. The molecule has 0 aliphatic heterocycles. The van der Waals surface area contributed by atoms with Gasteiger partial charge in [-0.1, -0.05) is 53.4 Å². The maximum absolute atomic E-state index is 10.9. The Morgan fingerprint density at radius 2 is 2.00 bits per heavy atom. The van der Waals surface area contributed by atoms with E-state index in [1.165, 1.54) is 17.4 Å². The third-order valence-electron chi connectivity index (χ3n) is 3.36. The van der Waals surface area contributed by atoms with Crippen LogP contribution in [0.4, 0.5) is 5.69 Å². The van der Waals surface area contributed by atoms with Crippen LogP contribution < -0.4 is 0 Å². The van der Waals surface area contributed by atoms with E-state index in [-0.39, 0.29) is 15.9 Å². The van der Waals surface area contributed by atoms with Crippen molar-refractivity contribution in [2.24, 2.45) is 0 Å². The highest BCUT2D eigenvalue weighted by atomic mass is 32.2. The molecule has 0 N–H and O–H groups in total. The van der Waals surface area contributed by atoms with Crippen LogP contribution in [-0.4, -0.2) is 14.7 Å². The fourth-order valence-electron chi connectivity index (χ4n) is 2.15. The summed E-state index contributed by atoms with van der Waals surface area (Å²) in [5.41, 5.74) is 1.91. The standard InChI is InChI=1S/C16H13N3O2S3/c1-11(12-6-5-9-14(10-12)19(20)21)23-15-17-18(16(22)24-15)13-7-3-2-4-8-13/h2-11H,1H3/t11-/m0/s1. The smallest absolute Gasteiger partial charge is 0.258 e. The molecule has 5 nitrogen and oxygen atoms in total. The average molecular weight is 376 g/mol. The molecule has 0 saturated heterocycles. The van der Waals surface area contributed by atoms with E-state index in [0.717, 1.165) is 15.6 Å². The van der Waals surface area contributed by atoms with Gasteiger partial charge in [-0.15, -0.1) is 5.10 Å². The minimum atomic E-state index is -0.380.